The Labute approximate surface area is 251 Å². The number of para-hydroxylation sites is 1. The smallest absolute Gasteiger partial charge is 0.354 e. The number of thioether (sulfide) groups is 1. The molecular weight excluding hydrogens is 577 g/mol. The van der Waals surface area contributed by atoms with E-state index in [4.69, 9.17) is 11.6 Å². The summed E-state index contributed by atoms with van der Waals surface area (Å²) in [7, 11) is 0. The second-order valence-electron chi connectivity index (χ2n) is 10.8. The summed E-state index contributed by atoms with van der Waals surface area (Å²) < 4.78 is 18.5. The van der Waals surface area contributed by atoms with E-state index in [2.05, 4.69) is 16.5 Å². The van der Waals surface area contributed by atoms with Crippen molar-refractivity contribution in [3.8, 4) is 22.6 Å². The average Bonchev–Trinajstić information content (AvgIpc) is 3.13. The lowest BCUT2D eigenvalue weighted by Crippen LogP contribution is -2.56. The molecule has 6 rings (SSSR count). The van der Waals surface area contributed by atoms with E-state index < -0.39 is 11.5 Å². The van der Waals surface area contributed by atoms with E-state index in [0.29, 0.717) is 52.9 Å². The number of benzene rings is 2. The summed E-state index contributed by atoms with van der Waals surface area (Å²) in [6.07, 6.45) is 2.97. The van der Waals surface area contributed by atoms with E-state index in [1.54, 1.807) is 35.4 Å². The highest BCUT2D eigenvalue weighted by Crippen LogP contribution is 2.50. The third kappa shape index (κ3) is 4.35. The van der Waals surface area contributed by atoms with Crippen LogP contribution in [0.2, 0.25) is 5.02 Å². The Morgan fingerprint density at radius 1 is 1.26 bits per heavy atom. The van der Waals surface area contributed by atoms with Crippen LogP contribution in [0, 0.1) is 12.7 Å². The maximum absolute atomic E-state index is 17.2. The largest absolute Gasteiger partial charge is 0.507 e. The fourth-order valence-corrected chi connectivity index (χ4v) is 7.56. The fourth-order valence-electron chi connectivity index (χ4n) is 5.91. The third-order valence-electron chi connectivity index (χ3n) is 7.91. The number of anilines is 1. The highest BCUT2D eigenvalue weighted by molar-refractivity contribution is 7.99. The Morgan fingerprint density at radius 3 is 2.74 bits per heavy atom. The van der Waals surface area contributed by atoms with Crippen LogP contribution in [-0.4, -0.2) is 61.9 Å². The number of pyridine rings is 1. The lowest BCUT2D eigenvalue weighted by atomic mass is 9.99. The molecule has 0 bridgehead atoms. The van der Waals surface area contributed by atoms with Crippen LogP contribution >= 0.6 is 23.4 Å². The highest BCUT2D eigenvalue weighted by atomic mass is 35.5. The maximum atomic E-state index is 17.2. The van der Waals surface area contributed by atoms with Gasteiger partial charge in [0.2, 0.25) is 5.91 Å². The van der Waals surface area contributed by atoms with Gasteiger partial charge in [-0.3, -0.25) is 14.3 Å². The van der Waals surface area contributed by atoms with Crippen molar-refractivity contribution in [2.24, 2.45) is 0 Å². The number of phenols is 1. The monoisotopic (exact) mass is 605 g/mol. The first-order chi connectivity index (χ1) is 20.1. The number of hydrogen-bond donors (Lipinski definition) is 1. The van der Waals surface area contributed by atoms with Gasteiger partial charge in [0.1, 0.15) is 11.6 Å². The first-order valence-electron chi connectivity index (χ1n) is 13.7. The lowest BCUT2D eigenvalue weighted by Gasteiger charge is -2.41. The van der Waals surface area contributed by atoms with Crippen molar-refractivity contribution in [1.82, 2.24) is 19.4 Å². The Morgan fingerprint density at radius 2 is 2.02 bits per heavy atom. The number of piperazine rings is 1. The number of rotatable bonds is 4. The van der Waals surface area contributed by atoms with Crippen molar-refractivity contribution in [3.05, 3.63) is 81.8 Å². The van der Waals surface area contributed by atoms with Gasteiger partial charge < -0.3 is 14.9 Å². The van der Waals surface area contributed by atoms with Crippen molar-refractivity contribution >= 4 is 46.0 Å². The number of fused-ring (bicyclic) bond motifs is 2. The van der Waals surface area contributed by atoms with Gasteiger partial charge in [-0.25, -0.2) is 9.18 Å². The molecule has 1 amide bonds. The Hall–Kier alpha value is -3.89. The predicted molar refractivity (Wildman–Crippen MR) is 165 cm³/mol. The van der Waals surface area contributed by atoms with Gasteiger partial charge in [0.15, 0.2) is 5.82 Å². The summed E-state index contributed by atoms with van der Waals surface area (Å²) in [6, 6.07) is 7.99. The van der Waals surface area contributed by atoms with E-state index in [-0.39, 0.29) is 45.3 Å². The number of hydrogen-bond acceptors (Lipinski definition) is 7. The van der Waals surface area contributed by atoms with Crippen LogP contribution in [0.3, 0.4) is 0 Å². The lowest BCUT2D eigenvalue weighted by molar-refractivity contribution is -0.126. The summed E-state index contributed by atoms with van der Waals surface area (Å²) in [4.78, 5) is 40.0. The molecular formula is C31H29ClFN5O3S. The Bertz CT molecular complexity index is 1840. The van der Waals surface area contributed by atoms with E-state index >= 15 is 4.39 Å². The number of carbonyl (C=O) groups is 1. The molecule has 1 unspecified atom stereocenters. The molecule has 0 radical (unpaired) electrons. The fraction of sp³-hybridized carbons (Fsp3) is 0.290. The predicted octanol–water partition coefficient (Wildman–Crippen LogP) is 5.69. The minimum absolute atomic E-state index is 0.00559. The molecule has 2 aliphatic heterocycles. The number of amides is 1. The molecule has 0 aliphatic carbocycles. The molecule has 0 spiro atoms. The molecule has 1 atom stereocenters. The summed E-state index contributed by atoms with van der Waals surface area (Å²) in [6.45, 7) is 10.6. The molecule has 2 aromatic carbocycles. The molecule has 1 saturated heterocycles. The standard InChI is InChI=1S/C31H29ClFN5O3S/c1-5-21(40)36-12-13-37-18(14-36)15-42-29-23-28(25(33)22(24(29)32)19-8-6-7-9-20(19)39)38(31(41)35-30(23)37)27-17(4)10-11-34-26(27)16(2)3/h5-11,16,18,39H,1,12-15H2,2-4H3. The molecule has 216 valence electrons. The van der Waals surface area contributed by atoms with Gasteiger partial charge in [0.25, 0.3) is 0 Å². The van der Waals surface area contributed by atoms with Crippen molar-refractivity contribution < 1.29 is 14.3 Å². The number of carbonyl (C=O) groups excluding carboxylic acids is 1. The topological polar surface area (TPSA) is 91.6 Å². The van der Waals surface area contributed by atoms with Gasteiger partial charge in [0.05, 0.1) is 33.3 Å². The van der Waals surface area contributed by atoms with Gasteiger partial charge in [-0.2, -0.15) is 4.98 Å². The van der Waals surface area contributed by atoms with Gasteiger partial charge >= 0.3 is 5.69 Å². The van der Waals surface area contributed by atoms with Crippen molar-refractivity contribution in [3.63, 3.8) is 0 Å². The van der Waals surface area contributed by atoms with Crippen LogP contribution in [-0.2, 0) is 4.79 Å². The summed E-state index contributed by atoms with van der Waals surface area (Å²) in [5, 5.41) is 11.3. The molecule has 11 heteroatoms. The van der Waals surface area contributed by atoms with Crippen LogP contribution in [0.4, 0.5) is 10.2 Å². The van der Waals surface area contributed by atoms with Gasteiger partial charge in [-0.05, 0) is 36.6 Å². The molecule has 0 saturated carbocycles. The summed E-state index contributed by atoms with van der Waals surface area (Å²) in [5.74, 6) is -0.274. The zero-order chi connectivity index (χ0) is 29.9. The van der Waals surface area contributed by atoms with Gasteiger partial charge in [-0.1, -0.05) is 50.2 Å². The van der Waals surface area contributed by atoms with E-state index in [9.17, 15) is 14.7 Å². The average molecular weight is 606 g/mol. The zero-order valence-corrected chi connectivity index (χ0v) is 25.0. The molecule has 4 heterocycles. The SMILES string of the molecule is C=CC(=O)N1CCN2c3nc(=O)n(-c4c(C)ccnc4C(C)C)c4c(F)c(-c5ccccc5O)c(Cl)c(c34)SCC2C1. The second kappa shape index (κ2) is 10.7. The zero-order valence-electron chi connectivity index (χ0n) is 23.4. The van der Waals surface area contributed by atoms with Crippen LogP contribution in [0.1, 0.15) is 31.0 Å². The van der Waals surface area contributed by atoms with Gasteiger partial charge in [0, 0.05) is 47.6 Å². The van der Waals surface area contributed by atoms with Crippen LogP contribution in [0.15, 0.2) is 58.9 Å². The van der Waals surface area contributed by atoms with Crippen LogP contribution in [0.25, 0.3) is 27.7 Å². The number of phenolic OH excluding ortho intramolecular Hbond substituents is 1. The molecule has 42 heavy (non-hydrogen) atoms. The number of nitrogens with zero attached hydrogens (tertiary/aromatic N) is 5. The molecule has 2 aromatic heterocycles. The highest BCUT2D eigenvalue weighted by Gasteiger charge is 2.37. The van der Waals surface area contributed by atoms with E-state index in [1.807, 2.05) is 25.7 Å². The minimum Gasteiger partial charge on any atom is -0.507 e. The Balaban J connectivity index is 1.74. The minimum atomic E-state index is -0.738. The molecule has 2 aliphatic rings. The summed E-state index contributed by atoms with van der Waals surface area (Å²) in [5.41, 5.74) is 1.44. The normalized spacial score (nSPS) is 16.5. The molecule has 1 fully saturated rings. The second-order valence-corrected chi connectivity index (χ2v) is 12.2. The third-order valence-corrected chi connectivity index (χ3v) is 9.65. The molecule has 4 aromatic rings. The molecule has 8 nitrogen and oxygen atoms in total. The number of halogens is 2. The van der Waals surface area contributed by atoms with E-state index in [0.717, 1.165) is 5.56 Å². The van der Waals surface area contributed by atoms with Crippen LogP contribution < -0.4 is 10.6 Å². The van der Waals surface area contributed by atoms with E-state index in [1.165, 1.54) is 28.5 Å². The maximum Gasteiger partial charge on any atom is 0.354 e. The first kappa shape index (κ1) is 28.2. The molecule has 1 N–H and O–H groups in total. The number of aromatic nitrogens is 3. The van der Waals surface area contributed by atoms with Crippen molar-refractivity contribution in [1.29, 1.82) is 0 Å². The number of aryl methyl sites for hydroxylation is 1. The first-order valence-corrected chi connectivity index (χ1v) is 15.0. The number of aromatic hydroxyl groups is 1. The van der Waals surface area contributed by atoms with Crippen molar-refractivity contribution in [2.75, 3.05) is 30.3 Å². The quantitative estimate of drug-likeness (QED) is 0.299. The van der Waals surface area contributed by atoms with Gasteiger partial charge in [-0.15, -0.1) is 11.8 Å². The Kier molecular flexibility index (Phi) is 7.22. The van der Waals surface area contributed by atoms with Crippen LogP contribution in [0.5, 0.6) is 5.75 Å². The summed E-state index contributed by atoms with van der Waals surface area (Å²) >= 11 is 8.46. The van der Waals surface area contributed by atoms with Crippen molar-refractivity contribution in [2.45, 2.75) is 37.6 Å².